The Morgan fingerprint density at radius 2 is 2.11 bits per heavy atom. The van der Waals surface area contributed by atoms with Crippen LogP contribution < -0.4 is 5.73 Å². The van der Waals surface area contributed by atoms with Crippen molar-refractivity contribution in [2.24, 2.45) is 0 Å². The van der Waals surface area contributed by atoms with Gasteiger partial charge in [0.05, 0.1) is 12.2 Å². The molecule has 19 heavy (non-hydrogen) atoms. The summed E-state index contributed by atoms with van der Waals surface area (Å²) in [6, 6.07) is 4.28. The van der Waals surface area contributed by atoms with E-state index in [1.165, 1.54) is 9.75 Å². The fourth-order valence-corrected chi connectivity index (χ4v) is 3.22. The van der Waals surface area contributed by atoms with E-state index < -0.39 is 0 Å². The molecular formula is C13H17N5S. The molecule has 0 aliphatic rings. The molecule has 5 nitrogen and oxygen atoms in total. The Bertz CT molecular complexity index is 734. The SMILES string of the molecule is CCn1nc(C)c2nc(N)n(Cc3ccc(C)s3)c21. The molecule has 3 aromatic heterocycles. The maximum Gasteiger partial charge on any atom is 0.202 e. The third kappa shape index (κ3) is 1.92. The van der Waals surface area contributed by atoms with Crippen LogP contribution in [0.4, 0.5) is 5.95 Å². The van der Waals surface area contributed by atoms with Crippen molar-refractivity contribution in [2.75, 3.05) is 5.73 Å². The summed E-state index contributed by atoms with van der Waals surface area (Å²) in [7, 11) is 0. The quantitative estimate of drug-likeness (QED) is 0.799. The third-order valence-electron chi connectivity index (χ3n) is 3.24. The fraction of sp³-hybridized carbons (Fsp3) is 0.385. The molecule has 0 unspecified atom stereocenters. The number of anilines is 1. The van der Waals surface area contributed by atoms with Crippen LogP contribution in [-0.2, 0) is 13.1 Å². The summed E-state index contributed by atoms with van der Waals surface area (Å²) < 4.78 is 4.01. The fourth-order valence-electron chi connectivity index (χ4n) is 2.34. The molecule has 0 fully saturated rings. The van der Waals surface area contributed by atoms with E-state index in [-0.39, 0.29) is 0 Å². The van der Waals surface area contributed by atoms with Crippen molar-refractivity contribution >= 4 is 28.4 Å². The molecule has 3 heterocycles. The van der Waals surface area contributed by atoms with Crippen LogP contribution in [-0.4, -0.2) is 19.3 Å². The van der Waals surface area contributed by atoms with E-state index >= 15 is 0 Å². The van der Waals surface area contributed by atoms with Crippen LogP contribution in [0.2, 0.25) is 0 Å². The summed E-state index contributed by atoms with van der Waals surface area (Å²) in [6.45, 7) is 7.74. The molecule has 3 aromatic rings. The Morgan fingerprint density at radius 3 is 2.74 bits per heavy atom. The van der Waals surface area contributed by atoms with Gasteiger partial charge in [0.25, 0.3) is 0 Å². The normalized spacial score (nSPS) is 11.5. The number of aryl methyl sites for hydroxylation is 3. The Kier molecular flexibility index (Phi) is 2.82. The van der Waals surface area contributed by atoms with Crippen LogP contribution in [0.5, 0.6) is 0 Å². The van der Waals surface area contributed by atoms with Crippen LogP contribution in [0, 0.1) is 13.8 Å². The molecule has 0 aromatic carbocycles. The van der Waals surface area contributed by atoms with Gasteiger partial charge < -0.3 is 5.73 Å². The summed E-state index contributed by atoms with van der Waals surface area (Å²) in [5, 5.41) is 4.50. The van der Waals surface area contributed by atoms with Crippen LogP contribution in [0.3, 0.4) is 0 Å². The summed E-state index contributed by atoms with van der Waals surface area (Å²) in [5.41, 5.74) is 8.92. The topological polar surface area (TPSA) is 61.7 Å². The van der Waals surface area contributed by atoms with Gasteiger partial charge in [-0.15, -0.1) is 11.3 Å². The van der Waals surface area contributed by atoms with E-state index in [0.29, 0.717) is 5.95 Å². The number of nitrogen functional groups attached to an aromatic ring is 1. The van der Waals surface area contributed by atoms with Gasteiger partial charge in [-0.3, -0.25) is 4.57 Å². The standard InChI is InChI=1S/C13H17N5S/c1-4-18-12-11(9(3)16-18)15-13(14)17(12)7-10-6-5-8(2)19-10/h5-6H,4,7H2,1-3H3,(H2,14,15). The average Bonchev–Trinajstić information content (AvgIpc) is 3.00. The third-order valence-corrected chi connectivity index (χ3v) is 4.22. The minimum absolute atomic E-state index is 0.559. The van der Waals surface area contributed by atoms with Crippen LogP contribution in [0.25, 0.3) is 11.2 Å². The summed E-state index contributed by atoms with van der Waals surface area (Å²) in [4.78, 5) is 7.04. The number of aromatic nitrogens is 4. The highest BCUT2D eigenvalue weighted by atomic mass is 32.1. The molecule has 0 spiro atoms. The zero-order valence-electron chi connectivity index (χ0n) is 11.3. The zero-order valence-corrected chi connectivity index (χ0v) is 12.2. The molecule has 0 aliphatic heterocycles. The summed E-state index contributed by atoms with van der Waals surface area (Å²) in [6.07, 6.45) is 0. The van der Waals surface area contributed by atoms with Crippen molar-refractivity contribution in [3.8, 4) is 0 Å². The molecule has 0 saturated heterocycles. The van der Waals surface area contributed by atoms with Gasteiger partial charge in [-0.1, -0.05) is 0 Å². The molecule has 6 heteroatoms. The molecular weight excluding hydrogens is 258 g/mol. The Labute approximate surface area is 115 Å². The molecule has 2 N–H and O–H groups in total. The lowest BCUT2D eigenvalue weighted by molar-refractivity contribution is 0.649. The minimum Gasteiger partial charge on any atom is -0.369 e. The van der Waals surface area contributed by atoms with Gasteiger partial charge in [0.15, 0.2) is 5.65 Å². The van der Waals surface area contributed by atoms with Gasteiger partial charge in [0, 0.05) is 16.3 Å². The van der Waals surface area contributed by atoms with E-state index in [1.54, 1.807) is 11.3 Å². The second-order valence-electron chi connectivity index (χ2n) is 4.64. The maximum absolute atomic E-state index is 6.06. The molecule has 0 bridgehead atoms. The first kappa shape index (κ1) is 12.2. The zero-order chi connectivity index (χ0) is 13.6. The van der Waals surface area contributed by atoms with Crippen LogP contribution in [0.1, 0.15) is 22.4 Å². The lowest BCUT2D eigenvalue weighted by Crippen LogP contribution is -2.08. The van der Waals surface area contributed by atoms with Crippen LogP contribution >= 0.6 is 11.3 Å². The van der Waals surface area contributed by atoms with Gasteiger partial charge >= 0.3 is 0 Å². The highest BCUT2D eigenvalue weighted by molar-refractivity contribution is 7.11. The molecule has 0 saturated carbocycles. The number of rotatable bonds is 3. The smallest absolute Gasteiger partial charge is 0.202 e. The minimum atomic E-state index is 0.559. The number of thiophene rings is 1. The summed E-state index contributed by atoms with van der Waals surface area (Å²) in [5.74, 6) is 0.559. The first-order chi connectivity index (χ1) is 9.10. The van der Waals surface area contributed by atoms with E-state index in [4.69, 9.17) is 5.73 Å². The average molecular weight is 275 g/mol. The van der Waals surface area contributed by atoms with Gasteiger partial charge in [-0.2, -0.15) is 5.10 Å². The van der Waals surface area contributed by atoms with Crippen molar-refractivity contribution in [3.05, 3.63) is 27.6 Å². The summed E-state index contributed by atoms with van der Waals surface area (Å²) >= 11 is 1.79. The Balaban J connectivity index is 2.14. The maximum atomic E-state index is 6.06. The highest BCUT2D eigenvalue weighted by Gasteiger charge is 2.17. The Hall–Kier alpha value is -1.82. The number of hydrogen-bond donors (Lipinski definition) is 1. The van der Waals surface area contributed by atoms with Crippen molar-refractivity contribution in [1.29, 1.82) is 0 Å². The number of nitrogens with two attached hydrogens (primary N) is 1. The number of nitrogens with zero attached hydrogens (tertiary/aromatic N) is 4. The largest absolute Gasteiger partial charge is 0.369 e. The molecule has 0 radical (unpaired) electrons. The highest BCUT2D eigenvalue weighted by Crippen LogP contribution is 2.24. The second kappa shape index (κ2) is 4.38. The molecule has 0 aliphatic carbocycles. The van der Waals surface area contributed by atoms with Crippen molar-refractivity contribution in [1.82, 2.24) is 19.3 Å². The number of hydrogen-bond acceptors (Lipinski definition) is 4. The first-order valence-corrected chi connectivity index (χ1v) is 7.16. The Morgan fingerprint density at radius 1 is 1.32 bits per heavy atom. The first-order valence-electron chi connectivity index (χ1n) is 6.34. The predicted octanol–water partition coefficient (Wildman–Crippen LogP) is 2.56. The van der Waals surface area contributed by atoms with Crippen molar-refractivity contribution in [3.63, 3.8) is 0 Å². The van der Waals surface area contributed by atoms with E-state index in [0.717, 1.165) is 29.9 Å². The van der Waals surface area contributed by atoms with Gasteiger partial charge in [0.1, 0.15) is 5.52 Å². The molecule has 3 rings (SSSR count). The van der Waals surface area contributed by atoms with Gasteiger partial charge in [0.2, 0.25) is 5.95 Å². The van der Waals surface area contributed by atoms with E-state index in [1.807, 2.05) is 16.2 Å². The van der Waals surface area contributed by atoms with E-state index in [2.05, 4.69) is 36.1 Å². The predicted molar refractivity (Wildman–Crippen MR) is 78.5 cm³/mol. The van der Waals surface area contributed by atoms with E-state index in [9.17, 15) is 0 Å². The van der Waals surface area contributed by atoms with Crippen molar-refractivity contribution < 1.29 is 0 Å². The lowest BCUT2D eigenvalue weighted by Gasteiger charge is -2.06. The molecule has 0 amide bonds. The van der Waals surface area contributed by atoms with Gasteiger partial charge in [-0.25, -0.2) is 9.67 Å². The second-order valence-corrected chi connectivity index (χ2v) is 6.01. The lowest BCUT2D eigenvalue weighted by atomic mass is 10.4. The monoisotopic (exact) mass is 275 g/mol. The van der Waals surface area contributed by atoms with Gasteiger partial charge in [-0.05, 0) is 32.9 Å². The molecule has 0 atom stereocenters. The van der Waals surface area contributed by atoms with Crippen LogP contribution in [0.15, 0.2) is 12.1 Å². The number of imidazole rings is 1. The molecule has 100 valence electrons. The number of fused-ring (bicyclic) bond motifs is 1. The van der Waals surface area contributed by atoms with Crippen molar-refractivity contribution in [2.45, 2.75) is 33.9 Å².